The molecule has 0 atom stereocenters. The van der Waals surface area contributed by atoms with Gasteiger partial charge < -0.3 is 0 Å². The summed E-state index contributed by atoms with van der Waals surface area (Å²) in [6.07, 6.45) is -2.93. The molecule has 1 heterocycles. The summed E-state index contributed by atoms with van der Waals surface area (Å²) >= 11 is 0. The smallest absolute Gasteiger partial charge is 0.236 e. The van der Waals surface area contributed by atoms with Crippen molar-refractivity contribution in [1.29, 1.82) is 0 Å². The molecule has 0 saturated carbocycles. The molecule has 106 valence electrons. The molecule has 5 heteroatoms. The van der Waals surface area contributed by atoms with E-state index in [0.29, 0.717) is 16.7 Å². The number of hydrogen-bond donors (Lipinski definition) is 0. The van der Waals surface area contributed by atoms with Crippen LogP contribution < -0.4 is 0 Å². The first-order chi connectivity index (χ1) is 9.93. The Kier molecular flexibility index (Phi) is 3.12. The Morgan fingerprint density at radius 3 is 2.52 bits per heavy atom. The molecular weight excluding hydrogens is 277 g/mol. The second-order valence-electron chi connectivity index (χ2n) is 4.83. The van der Waals surface area contributed by atoms with Crippen molar-refractivity contribution in [3.05, 3.63) is 59.8 Å². The SMILES string of the molecule is Cc1cccc(-c2ncc3cc(C(F)(F)F)ccc3n2)c1. The molecule has 0 radical (unpaired) electrons. The fourth-order valence-electron chi connectivity index (χ4n) is 2.13. The zero-order valence-corrected chi connectivity index (χ0v) is 11.1. The molecule has 0 aliphatic carbocycles. The third-order valence-electron chi connectivity index (χ3n) is 3.18. The summed E-state index contributed by atoms with van der Waals surface area (Å²) in [4.78, 5) is 8.49. The number of fused-ring (bicyclic) bond motifs is 1. The van der Waals surface area contributed by atoms with Gasteiger partial charge in [-0.3, -0.25) is 0 Å². The standard InChI is InChI=1S/C16H11F3N2/c1-10-3-2-4-11(7-10)15-20-9-12-8-13(16(17,18)19)5-6-14(12)21-15/h2-9H,1H3. The molecule has 0 aliphatic heterocycles. The predicted octanol–water partition coefficient (Wildman–Crippen LogP) is 4.62. The van der Waals surface area contributed by atoms with Gasteiger partial charge in [-0.1, -0.05) is 23.8 Å². The van der Waals surface area contributed by atoms with Crippen LogP contribution in [0, 0.1) is 6.92 Å². The number of aryl methyl sites for hydroxylation is 1. The van der Waals surface area contributed by atoms with Gasteiger partial charge >= 0.3 is 6.18 Å². The maximum atomic E-state index is 12.7. The average Bonchev–Trinajstić information content (AvgIpc) is 2.45. The average molecular weight is 288 g/mol. The molecule has 21 heavy (non-hydrogen) atoms. The second-order valence-corrected chi connectivity index (χ2v) is 4.83. The van der Waals surface area contributed by atoms with Crippen LogP contribution in [0.25, 0.3) is 22.3 Å². The summed E-state index contributed by atoms with van der Waals surface area (Å²) in [6.45, 7) is 1.96. The van der Waals surface area contributed by atoms with E-state index in [0.717, 1.165) is 23.3 Å². The number of nitrogens with zero attached hydrogens (tertiary/aromatic N) is 2. The Hall–Kier alpha value is -2.43. The minimum atomic E-state index is -4.36. The van der Waals surface area contributed by atoms with Crippen LogP contribution in [0.3, 0.4) is 0 Å². The van der Waals surface area contributed by atoms with Crippen molar-refractivity contribution in [2.45, 2.75) is 13.1 Å². The quantitative estimate of drug-likeness (QED) is 0.652. The lowest BCUT2D eigenvalue weighted by molar-refractivity contribution is -0.137. The maximum Gasteiger partial charge on any atom is 0.416 e. The van der Waals surface area contributed by atoms with Crippen molar-refractivity contribution in [2.75, 3.05) is 0 Å². The fraction of sp³-hybridized carbons (Fsp3) is 0.125. The van der Waals surface area contributed by atoms with E-state index in [1.54, 1.807) is 0 Å². The summed E-state index contributed by atoms with van der Waals surface area (Å²) in [5, 5.41) is 0.376. The highest BCUT2D eigenvalue weighted by atomic mass is 19.4. The predicted molar refractivity (Wildman–Crippen MR) is 74.7 cm³/mol. The van der Waals surface area contributed by atoms with Gasteiger partial charge in [0, 0.05) is 17.1 Å². The van der Waals surface area contributed by atoms with Gasteiger partial charge in [-0.25, -0.2) is 9.97 Å². The molecule has 0 amide bonds. The van der Waals surface area contributed by atoms with Gasteiger partial charge in [0.1, 0.15) is 0 Å². The summed E-state index contributed by atoms with van der Waals surface area (Å²) < 4.78 is 38.0. The maximum absolute atomic E-state index is 12.7. The van der Waals surface area contributed by atoms with Crippen molar-refractivity contribution >= 4 is 10.9 Å². The third kappa shape index (κ3) is 2.72. The molecule has 3 rings (SSSR count). The third-order valence-corrected chi connectivity index (χ3v) is 3.18. The van der Waals surface area contributed by atoms with E-state index < -0.39 is 11.7 Å². The molecular formula is C16H11F3N2. The molecule has 0 saturated heterocycles. The van der Waals surface area contributed by atoms with Gasteiger partial charge in [0.2, 0.25) is 0 Å². The highest BCUT2D eigenvalue weighted by Crippen LogP contribution is 2.31. The highest BCUT2D eigenvalue weighted by Gasteiger charge is 2.30. The molecule has 0 unspecified atom stereocenters. The zero-order valence-electron chi connectivity index (χ0n) is 11.1. The van der Waals surface area contributed by atoms with Crippen molar-refractivity contribution in [1.82, 2.24) is 9.97 Å². The molecule has 0 spiro atoms. The topological polar surface area (TPSA) is 25.8 Å². The number of alkyl halides is 3. The van der Waals surface area contributed by atoms with Crippen LogP contribution in [0.5, 0.6) is 0 Å². The first-order valence-electron chi connectivity index (χ1n) is 6.34. The largest absolute Gasteiger partial charge is 0.416 e. The lowest BCUT2D eigenvalue weighted by atomic mass is 10.1. The Morgan fingerprint density at radius 2 is 1.81 bits per heavy atom. The van der Waals surface area contributed by atoms with E-state index in [2.05, 4.69) is 9.97 Å². The van der Waals surface area contributed by atoms with E-state index in [1.165, 1.54) is 12.3 Å². The first kappa shape index (κ1) is 13.5. The lowest BCUT2D eigenvalue weighted by Gasteiger charge is -2.08. The van der Waals surface area contributed by atoms with Crippen molar-refractivity contribution in [3.63, 3.8) is 0 Å². The molecule has 2 aromatic carbocycles. The summed E-state index contributed by atoms with van der Waals surface area (Å²) in [5.41, 5.74) is 1.72. The van der Waals surface area contributed by atoms with E-state index in [4.69, 9.17) is 0 Å². The van der Waals surface area contributed by atoms with Crippen LogP contribution in [-0.4, -0.2) is 9.97 Å². The van der Waals surface area contributed by atoms with Crippen molar-refractivity contribution in [3.8, 4) is 11.4 Å². The van der Waals surface area contributed by atoms with Gasteiger partial charge in [0.05, 0.1) is 11.1 Å². The van der Waals surface area contributed by atoms with Gasteiger partial charge in [-0.15, -0.1) is 0 Å². The minimum Gasteiger partial charge on any atom is -0.236 e. The number of hydrogen-bond acceptors (Lipinski definition) is 2. The fourth-order valence-corrected chi connectivity index (χ4v) is 2.13. The van der Waals surface area contributed by atoms with Gasteiger partial charge in [-0.2, -0.15) is 13.2 Å². The first-order valence-corrected chi connectivity index (χ1v) is 6.34. The number of aromatic nitrogens is 2. The van der Waals surface area contributed by atoms with Gasteiger partial charge in [0.15, 0.2) is 5.82 Å². The molecule has 0 N–H and O–H groups in total. The molecule has 0 aliphatic rings. The molecule has 2 nitrogen and oxygen atoms in total. The van der Waals surface area contributed by atoms with Crippen LogP contribution in [-0.2, 0) is 6.18 Å². The van der Waals surface area contributed by atoms with Crippen LogP contribution in [0.15, 0.2) is 48.7 Å². The summed E-state index contributed by atoms with van der Waals surface area (Å²) in [5.74, 6) is 0.506. The van der Waals surface area contributed by atoms with Crippen LogP contribution >= 0.6 is 0 Å². The van der Waals surface area contributed by atoms with Gasteiger partial charge in [0.25, 0.3) is 0 Å². The second kappa shape index (κ2) is 4.84. The Balaban J connectivity index is 2.09. The van der Waals surface area contributed by atoms with Gasteiger partial charge in [-0.05, 0) is 31.2 Å². The molecule has 1 aromatic heterocycles. The monoisotopic (exact) mass is 288 g/mol. The van der Waals surface area contributed by atoms with E-state index >= 15 is 0 Å². The Morgan fingerprint density at radius 1 is 1.00 bits per heavy atom. The number of rotatable bonds is 1. The summed E-state index contributed by atoms with van der Waals surface area (Å²) in [6, 6.07) is 11.1. The Bertz CT molecular complexity index is 810. The summed E-state index contributed by atoms with van der Waals surface area (Å²) in [7, 11) is 0. The van der Waals surface area contributed by atoms with Crippen LogP contribution in [0.2, 0.25) is 0 Å². The lowest BCUT2D eigenvalue weighted by Crippen LogP contribution is -2.04. The number of benzene rings is 2. The van der Waals surface area contributed by atoms with Crippen LogP contribution in [0.1, 0.15) is 11.1 Å². The zero-order chi connectivity index (χ0) is 15.0. The minimum absolute atomic E-state index is 0.376. The van der Waals surface area contributed by atoms with Crippen molar-refractivity contribution < 1.29 is 13.2 Å². The Labute approximate surface area is 119 Å². The number of halogens is 3. The van der Waals surface area contributed by atoms with E-state index in [9.17, 15) is 13.2 Å². The normalized spacial score (nSPS) is 11.8. The van der Waals surface area contributed by atoms with E-state index in [1.807, 2.05) is 31.2 Å². The van der Waals surface area contributed by atoms with Crippen LogP contribution in [0.4, 0.5) is 13.2 Å². The van der Waals surface area contributed by atoms with E-state index in [-0.39, 0.29) is 0 Å². The molecule has 0 bridgehead atoms. The highest BCUT2D eigenvalue weighted by molar-refractivity contribution is 5.80. The van der Waals surface area contributed by atoms with Crippen molar-refractivity contribution in [2.24, 2.45) is 0 Å². The molecule has 3 aromatic rings. The molecule has 0 fully saturated rings.